The molecule has 82 valence electrons. The molecule has 0 saturated heterocycles. The van der Waals surface area contributed by atoms with Gasteiger partial charge in [-0.3, -0.25) is 9.59 Å². The number of carbonyl (C=O) groups excluding carboxylic acids is 1. The van der Waals surface area contributed by atoms with E-state index in [0.717, 1.165) is 12.8 Å². The Labute approximate surface area is 93.8 Å². The Bertz CT molecular complexity index is 208. The van der Waals surface area contributed by atoms with Gasteiger partial charge in [-0.25, -0.2) is 0 Å². The number of ether oxygens (including phenoxy) is 1. The summed E-state index contributed by atoms with van der Waals surface area (Å²) < 4.78 is 4.79. The third-order valence-corrected chi connectivity index (χ3v) is 2.80. The van der Waals surface area contributed by atoms with E-state index in [1.54, 1.807) is 0 Å². The molecule has 0 aromatic rings. The van der Waals surface area contributed by atoms with Gasteiger partial charge in [-0.05, 0) is 6.42 Å². The van der Waals surface area contributed by atoms with E-state index >= 15 is 0 Å². The van der Waals surface area contributed by atoms with Gasteiger partial charge in [0.25, 0.3) is 0 Å². The third kappa shape index (κ3) is 4.76. The average Bonchev–Trinajstić information content (AvgIpc) is 2.15. The Morgan fingerprint density at radius 1 is 1.36 bits per heavy atom. The molecule has 0 aliphatic carbocycles. The Hall–Kier alpha value is -0.360. The second-order valence-electron chi connectivity index (χ2n) is 2.75. The van der Waals surface area contributed by atoms with Crippen molar-refractivity contribution in [1.82, 2.24) is 0 Å². The van der Waals surface area contributed by atoms with Crippen LogP contribution in [0.2, 0.25) is 0 Å². The normalized spacial score (nSPS) is 14.5. The van der Waals surface area contributed by atoms with Crippen LogP contribution >= 0.6 is 25.3 Å². The average molecular weight is 238 g/mol. The molecular weight excluding hydrogens is 224 g/mol. The third-order valence-electron chi connectivity index (χ3n) is 1.54. The van der Waals surface area contributed by atoms with Crippen molar-refractivity contribution < 1.29 is 19.4 Å². The second-order valence-corrected chi connectivity index (χ2v) is 3.86. The van der Waals surface area contributed by atoms with Gasteiger partial charge >= 0.3 is 11.9 Å². The molecule has 0 aliphatic rings. The first-order chi connectivity index (χ1) is 6.50. The number of hydrogen-bond donors (Lipinski definition) is 3. The summed E-state index contributed by atoms with van der Waals surface area (Å²) in [6.45, 7) is 2.26. The SMILES string of the molecule is CCCCOC(=O)C(S)C(S)C(=O)O. The number of carboxylic acids is 1. The molecule has 14 heavy (non-hydrogen) atoms. The molecule has 0 aromatic carbocycles. The molecule has 1 N–H and O–H groups in total. The molecule has 2 unspecified atom stereocenters. The number of unbranched alkanes of at least 4 members (excludes halogenated alkanes) is 1. The summed E-state index contributed by atoms with van der Waals surface area (Å²) in [7, 11) is 0. The van der Waals surface area contributed by atoms with Gasteiger partial charge in [0.2, 0.25) is 0 Å². The number of rotatable bonds is 6. The summed E-state index contributed by atoms with van der Waals surface area (Å²) in [6, 6.07) is 0. The molecule has 0 aromatic heterocycles. The molecule has 0 rings (SSSR count). The van der Waals surface area contributed by atoms with Crippen molar-refractivity contribution in [3.63, 3.8) is 0 Å². The topological polar surface area (TPSA) is 63.6 Å². The Morgan fingerprint density at radius 2 is 1.93 bits per heavy atom. The molecule has 0 bridgehead atoms. The minimum atomic E-state index is -1.18. The van der Waals surface area contributed by atoms with E-state index in [1.165, 1.54) is 0 Å². The fourth-order valence-electron chi connectivity index (χ4n) is 0.666. The van der Waals surface area contributed by atoms with Gasteiger partial charge in [0.1, 0.15) is 10.5 Å². The second kappa shape index (κ2) is 7.00. The van der Waals surface area contributed by atoms with Crippen LogP contribution in [0.3, 0.4) is 0 Å². The number of hydrogen-bond acceptors (Lipinski definition) is 5. The van der Waals surface area contributed by atoms with E-state index in [9.17, 15) is 9.59 Å². The van der Waals surface area contributed by atoms with Crippen LogP contribution in [-0.4, -0.2) is 34.2 Å². The van der Waals surface area contributed by atoms with Crippen LogP contribution in [0.5, 0.6) is 0 Å². The van der Waals surface area contributed by atoms with Crippen molar-refractivity contribution in [2.24, 2.45) is 0 Å². The number of thiol groups is 2. The van der Waals surface area contributed by atoms with E-state index in [-0.39, 0.29) is 0 Å². The smallest absolute Gasteiger partial charge is 0.320 e. The predicted octanol–water partition coefficient (Wildman–Crippen LogP) is 1.01. The quantitative estimate of drug-likeness (QED) is 0.367. The Kier molecular flexibility index (Phi) is 6.82. The minimum Gasteiger partial charge on any atom is -0.480 e. The molecule has 4 nitrogen and oxygen atoms in total. The van der Waals surface area contributed by atoms with Crippen LogP contribution in [0.1, 0.15) is 19.8 Å². The summed E-state index contributed by atoms with van der Waals surface area (Å²) in [5, 5.41) is 6.39. The van der Waals surface area contributed by atoms with Crippen LogP contribution in [-0.2, 0) is 14.3 Å². The van der Waals surface area contributed by atoms with Crippen molar-refractivity contribution in [2.75, 3.05) is 6.61 Å². The molecular formula is C8H14O4S2. The van der Waals surface area contributed by atoms with Crippen LogP contribution in [0.4, 0.5) is 0 Å². The first-order valence-electron chi connectivity index (χ1n) is 4.26. The number of esters is 1. The van der Waals surface area contributed by atoms with E-state index in [1.807, 2.05) is 6.92 Å². The monoisotopic (exact) mass is 238 g/mol. The standard InChI is InChI=1S/C8H14O4S2/c1-2-3-4-12-8(11)6(14)5(13)7(9)10/h5-6,13-14H,2-4H2,1H3,(H,9,10). The number of carboxylic acid groups (broad SMARTS) is 1. The fourth-order valence-corrected chi connectivity index (χ4v) is 0.990. The largest absolute Gasteiger partial charge is 0.480 e. The number of aliphatic carboxylic acids is 1. The molecule has 0 heterocycles. The van der Waals surface area contributed by atoms with E-state index < -0.39 is 22.4 Å². The molecule has 0 radical (unpaired) electrons. The fraction of sp³-hybridized carbons (Fsp3) is 0.750. The lowest BCUT2D eigenvalue weighted by molar-refractivity contribution is -0.146. The highest BCUT2D eigenvalue weighted by Gasteiger charge is 2.28. The van der Waals surface area contributed by atoms with E-state index in [0.29, 0.717) is 6.61 Å². The summed E-state index contributed by atoms with van der Waals surface area (Å²) in [6.07, 6.45) is 1.67. The molecule has 0 amide bonds. The minimum absolute atomic E-state index is 0.298. The molecule has 0 spiro atoms. The molecule has 0 fully saturated rings. The highest BCUT2D eigenvalue weighted by atomic mass is 32.1. The van der Waals surface area contributed by atoms with Crippen molar-refractivity contribution in [1.29, 1.82) is 0 Å². The van der Waals surface area contributed by atoms with Crippen molar-refractivity contribution in [3.8, 4) is 0 Å². The highest BCUT2D eigenvalue weighted by Crippen LogP contribution is 2.11. The summed E-state index contributed by atoms with van der Waals surface area (Å²) in [4.78, 5) is 21.6. The maximum Gasteiger partial charge on any atom is 0.320 e. The Balaban J connectivity index is 3.92. The van der Waals surface area contributed by atoms with Gasteiger partial charge in [-0.2, -0.15) is 25.3 Å². The van der Waals surface area contributed by atoms with Crippen molar-refractivity contribution in [2.45, 2.75) is 30.3 Å². The first kappa shape index (κ1) is 13.6. The lowest BCUT2D eigenvalue weighted by Crippen LogP contribution is -2.33. The van der Waals surface area contributed by atoms with Crippen LogP contribution in [0, 0.1) is 0 Å². The molecule has 6 heteroatoms. The van der Waals surface area contributed by atoms with E-state index in [4.69, 9.17) is 9.84 Å². The zero-order chi connectivity index (χ0) is 11.1. The number of carbonyl (C=O) groups is 2. The lowest BCUT2D eigenvalue weighted by atomic mass is 10.3. The molecule has 0 saturated carbocycles. The zero-order valence-electron chi connectivity index (χ0n) is 7.84. The maximum atomic E-state index is 11.2. The first-order valence-corrected chi connectivity index (χ1v) is 5.29. The summed E-state index contributed by atoms with van der Waals surface area (Å²) in [5.74, 6) is -1.81. The lowest BCUT2D eigenvalue weighted by Gasteiger charge is -2.13. The van der Waals surface area contributed by atoms with Gasteiger partial charge in [0.05, 0.1) is 6.61 Å². The van der Waals surface area contributed by atoms with Crippen LogP contribution in [0.25, 0.3) is 0 Å². The molecule has 0 aliphatic heterocycles. The zero-order valence-corrected chi connectivity index (χ0v) is 9.63. The van der Waals surface area contributed by atoms with Gasteiger partial charge in [0, 0.05) is 0 Å². The highest BCUT2D eigenvalue weighted by molar-refractivity contribution is 7.86. The summed E-state index contributed by atoms with van der Waals surface area (Å²) >= 11 is 7.56. The van der Waals surface area contributed by atoms with Crippen LogP contribution in [0.15, 0.2) is 0 Å². The van der Waals surface area contributed by atoms with Crippen LogP contribution < -0.4 is 0 Å². The summed E-state index contributed by atoms with van der Waals surface area (Å²) in [5.41, 5.74) is 0. The van der Waals surface area contributed by atoms with Gasteiger partial charge in [0.15, 0.2) is 0 Å². The molecule has 2 atom stereocenters. The van der Waals surface area contributed by atoms with Gasteiger partial charge in [-0.1, -0.05) is 13.3 Å². The maximum absolute atomic E-state index is 11.2. The van der Waals surface area contributed by atoms with Gasteiger partial charge in [-0.15, -0.1) is 0 Å². The van der Waals surface area contributed by atoms with Gasteiger partial charge < -0.3 is 9.84 Å². The van der Waals surface area contributed by atoms with Crippen molar-refractivity contribution in [3.05, 3.63) is 0 Å². The Morgan fingerprint density at radius 3 is 2.36 bits per heavy atom. The predicted molar refractivity (Wildman–Crippen MR) is 59.1 cm³/mol. The van der Waals surface area contributed by atoms with E-state index in [2.05, 4.69) is 25.3 Å². The van der Waals surface area contributed by atoms with Crippen molar-refractivity contribution >= 4 is 37.2 Å².